The topological polar surface area (TPSA) is 158 Å². The molecule has 1 aliphatic heterocycles. The summed E-state index contributed by atoms with van der Waals surface area (Å²) < 4.78 is 11.5. The van der Waals surface area contributed by atoms with E-state index in [-0.39, 0.29) is 38.2 Å². The van der Waals surface area contributed by atoms with Gasteiger partial charge >= 0.3 is 5.97 Å². The van der Waals surface area contributed by atoms with Crippen molar-refractivity contribution < 1.29 is 29.0 Å². The molecule has 0 aliphatic carbocycles. The van der Waals surface area contributed by atoms with Crippen LogP contribution in [-0.2, 0) is 27.5 Å². The molecule has 0 saturated heterocycles. The maximum Gasteiger partial charge on any atom is 0.316 e. The minimum Gasteiger partial charge on any atom is -0.486 e. The number of amides is 1. The zero-order valence-electron chi connectivity index (χ0n) is 16.7. The van der Waals surface area contributed by atoms with E-state index in [4.69, 9.17) is 25.8 Å². The van der Waals surface area contributed by atoms with Crippen molar-refractivity contribution in [2.75, 3.05) is 13.2 Å². The van der Waals surface area contributed by atoms with Crippen LogP contribution in [-0.4, -0.2) is 42.2 Å². The number of guanidine groups is 1. The molecule has 3 rings (SSSR count). The monoisotopic (exact) mass is 428 g/mol. The van der Waals surface area contributed by atoms with Crippen LogP contribution in [0.1, 0.15) is 11.1 Å². The number of hydrogen-bond acceptors (Lipinski definition) is 6. The lowest BCUT2D eigenvalue weighted by Crippen LogP contribution is -2.36. The summed E-state index contributed by atoms with van der Waals surface area (Å²) in [4.78, 5) is 33.0. The summed E-state index contributed by atoms with van der Waals surface area (Å²) in [7, 11) is 0. The number of carboxylic acid groups (broad SMARTS) is 1. The molecule has 0 saturated carbocycles. The van der Waals surface area contributed by atoms with E-state index in [1.54, 1.807) is 18.2 Å². The van der Waals surface area contributed by atoms with Crippen molar-refractivity contribution in [3.05, 3.63) is 59.7 Å². The van der Waals surface area contributed by atoms with Gasteiger partial charge in [-0.2, -0.15) is 0 Å². The molecule has 2 aromatic rings. The average molecular weight is 428 g/mol. The summed E-state index contributed by atoms with van der Waals surface area (Å²) >= 11 is 0. The lowest BCUT2D eigenvalue weighted by molar-refractivity contribution is -0.152. The van der Waals surface area contributed by atoms with Crippen molar-refractivity contribution in [3.63, 3.8) is 0 Å². The summed E-state index contributed by atoms with van der Waals surface area (Å²) in [6.45, 7) is 0.626. The Morgan fingerprint density at radius 3 is 2.65 bits per heavy atom. The molecular formula is C21H24N4O6. The number of carboxylic acids is 1. The molecule has 10 nitrogen and oxygen atoms in total. The molecule has 0 aromatic heterocycles. The van der Waals surface area contributed by atoms with Crippen molar-refractivity contribution in [1.82, 2.24) is 5.48 Å². The maximum absolute atomic E-state index is 12.3. The smallest absolute Gasteiger partial charge is 0.316 e. The van der Waals surface area contributed by atoms with Gasteiger partial charge in [-0.3, -0.25) is 14.4 Å². The maximum atomic E-state index is 12.3. The lowest BCUT2D eigenvalue weighted by atomic mass is 9.98. The van der Waals surface area contributed by atoms with Crippen LogP contribution < -0.4 is 26.4 Å². The van der Waals surface area contributed by atoms with Crippen molar-refractivity contribution in [2.45, 2.75) is 19.1 Å². The van der Waals surface area contributed by atoms with Crippen LogP contribution >= 0.6 is 0 Å². The Morgan fingerprint density at radius 2 is 1.94 bits per heavy atom. The number of aliphatic carboxylic acids is 1. The van der Waals surface area contributed by atoms with Crippen molar-refractivity contribution in [3.8, 4) is 11.5 Å². The fraction of sp³-hybridized carbons (Fsp3) is 0.286. The van der Waals surface area contributed by atoms with Crippen LogP contribution in [0.15, 0.2) is 53.5 Å². The first-order valence-corrected chi connectivity index (χ1v) is 9.58. The molecule has 164 valence electrons. The number of nitrogens with one attached hydrogen (secondary N) is 1. The third kappa shape index (κ3) is 6.34. The number of aliphatic imine (C=N–C) groups is 1. The number of fused-ring (bicyclic) bond motifs is 1. The minimum absolute atomic E-state index is 0.0320. The third-order valence-electron chi connectivity index (χ3n) is 4.51. The second kappa shape index (κ2) is 10.3. The summed E-state index contributed by atoms with van der Waals surface area (Å²) in [5.74, 6) is -2.40. The number of hydroxylamine groups is 1. The van der Waals surface area contributed by atoms with E-state index in [1.165, 1.54) is 0 Å². The van der Waals surface area contributed by atoms with E-state index < -0.39 is 17.8 Å². The second-order valence-corrected chi connectivity index (χ2v) is 6.93. The molecule has 1 unspecified atom stereocenters. The van der Waals surface area contributed by atoms with E-state index in [0.717, 1.165) is 5.56 Å². The molecular weight excluding hydrogens is 404 g/mol. The van der Waals surface area contributed by atoms with Gasteiger partial charge in [0.2, 0.25) is 0 Å². The van der Waals surface area contributed by atoms with E-state index >= 15 is 0 Å². The molecule has 0 bridgehead atoms. The van der Waals surface area contributed by atoms with Crippen molar-refractivity contribution >= 4 is 17.8 Å². The zero-order valence-corrected chi connectivity index (χ0v) is 16.7. The average Bonchev–Trinajstić information content (AvgIpc) is 2.76. The van der Waals surface area contributed by atoms with Gasteiger partial charge in [-0.25, -0.2) is 10.5 Å². The number of carbonyl (C=O) groups is 2. The molecule has 2 atom stereocenters. The van der Waals surface area contributed by atoms with Gasteiger partial charge in [0.15, 0.2) is 23.6 Å². The fourth-order valence-corrected chi connectivity index (χ4v) is 2.95. The Labute approximate surface area is 178 Å². The molecule has 1 aliphatic rings. The predicted octanol–water partition coefficient (Wildman–Crippen LogP) is 0.591. The van der Waals surface area contributed by atoms with E-state index in [2.05, 4.69) is 10.5 Å². The van der Waals surface area contributed by atoms with Gasteiger partial charge in [-0.05, 0) is 29.7 Å². The van der Waals surface area contributed by atoms with Crippen molar-refractivity contribution in [1.29, 1.82) is 0 Å². The van der Waals surface area contributed by atoms with Crippen LogP contribution in [0, 0.1) is 5.92 Å². The number of hydrogen-bond donors (Lipinski definition) is 4. The SMILES string of the molecule is NC(N)=NCC1COc2cc(C[C@H](C(=O)O)C(=O)NOCc3ccccc3)ccc2O1. The Balaban J connectivity index is 1.58. The van der Waals surface area contributed by atoms with Gasteiger partial charge in [0.1, 0.15) is 12.5 Å². The van der Waals surface area contributed by atoms with Gasteiger partial charge in [-0.15, -0.1) is 0 Å². The minimum atomic E-state index is -1.33. The first kappa shape index (κ1) is 21.9. The van der Waals surface area contributed by atoms with E-state index in [0.29, 0.717) is 17.1 Å². The molecule has 0 fully saturated rings. The standard InChI is InChI=1S/C21H24N4O6/c22-21(23)24-10-15-12-29-18-9-14(6-7-17(18)31-15)8-16(20(27)28)19(26)25-30-11-13-4-2-1-3-5-13/h1-7,9,15-16H,8,10-12H2,(H,25,26)(H,27,28)(H4,22,23,24)/t15?,16-/m0/s1. The van der Waals surface area contributed by atoms with Crippen LogP contribution in [0.2, 0.25) is 0 Å². The number of ether oxygens (including phenoxy) is 2. The largest absolute Gasteiger partial charge is 0.486 e. The Kier molecular flexibility index (Phi) is 7.28. The number of carbonyl (C=O) groups excluding carboxylic acids is 1. The van der Waals surface area contributed by atoms with Crippen LogP contribution in [0.25, 0.3) is 0 Å². The lowest BCUT2D eigenvalue weighted by Gasteiger charge is -2.26. The highest BCUT2D eigenvalue weighted by Crippen LogP contribution is 2.33. The number of benzene rings is 2. The summed E-state index contributed by atoms with van der Waals surface area (Å²) in [5.41, 5.74) is 14.3. The molecule has 0 radical (unpaired) electrons. The first-order chi connectivity index (χ1) is 14.9. The predicted molar refractivity (Wildman–Crippen MR) is 111 cm³/mol. The molecule has 1 amide bonds. The summed E-state index contributed by atoms with van der Waals surface area (Å²) in [6, 6.07) is 14.2. The molecule has 6 N–H and O–H groups in total. The highest BCUT2D eigenvalue weighted by Gasteiger charge is 2.28. The Bertz CT molecular complexity index is 946. The molecule has 31 heavy (non-hydrogen) atoms. The zero-order chi connectivity index (χ0) is 22.2. The highest BCUT2D eigenvalue weighted by molar-refractivity contribution is 5.96. The van der Waals surface area contributed by atoms with Crippen LogP contribution in [0.5, 0.6) is 11.5 Å². The van der Waals surface area contributed by atoms with Gasteiger partial charge in [-0.1, -0.05) is 36.4 Å². The van der Waals surface area contributed by atoms with Crippen LogP contribution in [0.3, 0.4) is 0 Å². The van der Waals surface area contributed by atoms with Gasteiger partial charge < -0.3 is 26.0 Å². The summed E-state index contributed by atoms with van der Waals surface area (Å²) in [6.07, 6.45) is -0.371. The first-order valence-electron chi connectivity index (χ1n) is 9.58. The van der Waals surface area contributed by atoms with Gasteiger partial charge in [0.25, 0.3) is 5.91 Å². The quantitative estimate of drug-likeness (QED) is 0.195. The van der Waals surface area contributed by atoms with Crippen molar-refractivity contribution in [2.24, 2.45) is 22.4 Å². The van der Waals surface area contributed by atoms with E-state index in [1.807, 2.05) is 30.3 Å². The van der Waals surface area contributed by atoms with Crippen LogP contribution in [0.4, 0.5) is 0 Å². The highest BCUT2D eigenvalue weighted by atomic mass is 16.7. The third-order valence-corrected chi connectivity index (χ3v) is 4.51. The van der Waals surface area contributed by atoms with Gasteiger partial charge in [0, 0.05) is 0 Å². The number of rotatable bonds is 9. The number of nitrogens with two attached hydrogens (primary N) is 2. The normalized spacial score (nSPS) is 15.5. The van der Waals surface area contributed by atoms with E-state index in [9.17, 15) is 14.7 Å². The Morgan fingerprint density at radius 1 is 1.16 bits per heavy atom. The molecule has 2 aromatic carbocycles. The second-order valence-electron chi connectivity index (χ2n) is 6.93. The molecule has 10 heteroatoms. The molecule has 1 heterocycles. The molecule has 0 spiro atoms. The summed E-state index contributed by atoms with van der Waals surface area (Å²) in [5, 5.41) is 9.49. The van der Waals surface area contributed by atoms with Gasteiger partial charge in [0.05, 0.1) is 13.2 Å². The fourth-order valence-electron chi connectivity index (χ4n) is 2.95. The Hall–Kier alpha value is -3.79. The number of nitrogens with zero attached hydrogens (tertiary/aromatic N) is 1.